The highest BCUT2D eigenvalue weighted by molar-refractivity contribution is 6.30. The zero-order chi connectivity index (χ0) is 18.7. The Morgan fingerprint density at radius 2 is 1.96 bits per heavy atom. The standard InChI is InChI=1S/C21H23ClN2O2/c1-3-23(13-16-7-5-4-6-8-16)21(26)17-12-20(25)24(14-17)19-10-9-18(22)11-15(19)2/h4-11,17H,3,12-14H2,1-2H3. The van der Waals surface area contributed by atoms with Crippen molar-refractivity contribution < 1.29 is 9.59 Å². The van der Waals surface area contributed by atoms with Crippen LogP contribution in [0.5, 0.6) is 0 Å². The fourth-order valence-corrected chi connectivity index (χ4v) is 3.66. The van der Waals surface area contributed by atoms with Crippen molar-refractivity contribution in [2.75, 3.05) is 18.0 Å². The van der Waals surface area contributed by atoms with Gasteiger partial charge in [-0.1, -0.05) is 41.9 Å². The number of carbonyl (C=O) groups excluding carboxylic acids is 2. The topological polar surface area (TPSA) is 40.6 Å². The summed E-state index contributed by atoms with van der Waals surface area (Å²) >= 11 is 6.01. The van der Waals surface area contributed by atoms with Gasteiger partial charge in [0.2, 0.25) is 11.8 Å². The van der Waals surface area contributed by atoms with Gasteiger partial charge in [-0.15, -0.1) is 0 Å². The normalized spacial score (nSPS) is 16.8. The van der Waals surface area contributed by atoms with E-state index in [1.165, 1.54) is 0 Å². The molecule has 0 N–H and O–H groups in total. The van der Waals surface area contributed by atoms with E-state index in [9.17, 15) is 9.59 Å². The van der Waals surface area contributed by atoms with E-state index < -0.39 is 0 Å². The van der Waals surface area contributed by atoms with Crippen LogP contribution in [0.1, 0.15) is 24.5 Å². The molecule has 1 unspecified atom stereocenters. The molecule has 4 nitrogen and oxygen atoms in total. The molecule has 1 fully saturated rings. The molecule has 2 amide bonds. The third kappa shape index (κ3) is 3.91. The number of halogens is 1. The molecule has 136 valence electrons. The molecule has 0 saturated carbocycles. The van der Waals surface area contributed by atoms with Crippen molar-refractivity contribution >= 4 is 29.1 Å². The van der Waals surface area contributed by atoms with E-state index in [0.717, 1.165) is 16.8 Å². The van der Waals surface area contributed by atoms with E-state index in [4.69, 9.17) is 11.6 Å². The van der Waals surface area contributed by atoms with E-state index in [2.05, 4.69) is 0 Å². The Morgan fingerprint density at radius 3 is 2.62 bits per heavy atom. The second-order valence-electron chi connectivity index (χ2n) is 6.67. The summed E-state index contributed by atoms with van der Waals surface area (Å²) in [5, 5.41) is 0.644. The van der Waals surface area contributed by atoms with Crippen LogP contribution in [-0.2, 0) is 16.1 Å². The number of hydrogen-bond acceptors (Lipinski definition) is 2. The average molecular weight is 371 g/mol. The molecule has 0 spiro atoms. The van der Waals surface area contributed by atoms with Crippen LogP contribution in [0.2, 0.25) is 5.02 Å². The molecule has 0 bridgehead atoms. The number of hydrogen-bond donors (Lipinski definition) is 0. The van der Waals surface area contributed by atoms with Gasteiger partial charge in [0.25, 0.3) is 0 Å². The largest absolute Gasteiger partial charge is 0.338 e. The van der Waals surface area contributed by atoms with Gasteiger partial charge in [-0.05, 0) is 43.2 Å². The molecule has 26 heavy (non-hydrogen) atoms. The number of anilines is 1. The average Bonchev–Trinajstić information content (AvgIpc) is 3.01. The fraction of sp³-hybridized carbons (Fsp3) is 0.333. The van der Waals surface area contributed by atoms with Gasteiger partial charge in [-0.25, -0.2) is 0 Å². The van der Waals surface area contributed by atoms with Crippen LogP contribution >= 0.6 is 11.6 Å². The first kappa shape index (κ1) is 18.5. The van der Waals surface area contributed by atoms with Crippen molar-refractivity contribution in [3.63, 3.8) is 0 Å². The van der Waals surface area contributed by atoms with Crippen LogP contribution in [-0.4, -0.2) is 29.8 Å². The molecule has 1 heterocycles. The quantitative estimate of drug-likeness (QED) is 0.796. The monoisotopic (exact) mass is 370 g/mol. The van der Waals surface area contributed by atoms with Gasteiger partial charge in [0.05, 0.1) is 5.92 Å². The van der Waals surface area contributed by atoms with Gasteiger partial charge in [-0.3, -0.25) is 9.59 Å². The summed E-state index contributed by atoms with van der Waals surface area (Å²) < 4.78 is 0. The molecule has 2 aromatic rings. The zero-order valence-electron chi connectivity index (χ0n) is 15.1. The van der Waals surface area contributed by atoms with Crippen molar-refractivity contribution in [2.24, 2.45) is 5.92 Å². The molecule has 2 aromatic carbocycles. The molecule has 1 saturated heterocycles. The third-order valence-corrected chi connectivity index (χ3v) is 5.07. The molecule has 0 radical (unpaired) electrons. The van der Waals surface area contributed by atoms with Gasteiger partial charge >= 0.3 is 0 Å². The van der Waals surface area contributed by atoms with E-state index in [1.54, 1.807) is 11.0 Å². The highest BCUT2D eigenvalue weighted by Gasteiger charge is 2.37. The summed E-state index contributed by atoms with van der Waals surface area (Å²) in [6, 6.07) is 15.4. The van der Waals surface area contributed by atoms with Crippen LogP contribution in [0.25, 0.3) is 0 Å². The van der Waals surface area contributed by atoms with Crippen molar-refractivity contribution in [3.8, 4) is 0 Å². The predicted molar refractivity (Wildman–Crippen MR) is 104 cm³/mol. The summed E-state index contributed by atoms with van der Waals surface area (Å²) in [6.07, 6.45) is 0.256. The Balaban J connectivity index is 1.73. The van der Waals surface area contributed by atoms with Gasteiger partial charge in [0.15, 0.2) is 0 Å². The Hall–Kier alpha value is -2.33. The first-order valence-electron chi connectivity index (χ1n) is 8.88. The molecule has 0 aromatic heterocycles. The Kier molecular flexibility index (Phi) is 5.62. The van der Waals surface area contributed by atoms with Crippen LogP contribution in [0.4, 0.5) is 5.69 Å². The number of rotatable bonds is 5. The lowest BCUT2D eigenvalue weighted by molar-refractivity contribution is -0.136. The van der Waals surface area contributed by atoms with Crippen molar-refractivity contribution in [1.29, 1.82) is 0 Å². The second-order valence-corrected chi connectivity index (χ2v) is 7.11. The molecule has 5 heteroatoms. The highest BCUT2D eigenvalue weighted by Crippen LogP contribution is 2.30. The summed E-state index contributed by atoms with van der Waals surface area (Å²) in [5.74, 6) is -0.274. The third-order valence-electron chi connectivity index (χ3n) is 4.83. The maximum absolute atomic E-state index is 13.0. The Morgan fingerprint density at radius 1 is 1.23 bits per heavy atom. The molecule has 1 atom stereocenters. The minimum atomic E-state index is -0.304. The Labute approximate surface area is 159 Å². The van der Waals surface area contributed by atoms with Crippen LogP contribution in [0, 0.1) is 12.8 Å². The van der Waals surface area contributed by atoms with Gasteiger partial charge in [0.1, 0.15) is 0 Å². The van der Waals surface area contributed by atoms with Crippen molar-refractivity contribution in [1.82, 2.24) is 4.90 Å². The van der Waals surface area contributed by atoms with Gasteiger partial charge in [-0.2, -0.15) is 0 Å². The number of aryl methyl sites for hydroxylation is 1. The zero-order valence-corrected chi connectivity index (χ0v) is 15.9. The smallest absolute Gasteiger partial charge is 0.228 e. The summed E-state index contributed by atoms with van der Waals surface area (Å²) in [4.78, 5) is 29.0. The minimum Gasteiger partial charge on any atom is -0.338 e. The summed E-state index contributed by atoms with van der Waals surface area (Å²) in [7, 11) is 0. The number of amides is 2. The van der Waals surface area contributed by atoms with E-state index >= 15 is 0 Å². The molecular weight excluding hydrogens is 348 g/mol. The predicted octanol–water partition coefficient (Wildman–Crippen LogP) is 4.05. The highest BCUT2D eigenvalue weighted by atomic mass is 35.5. The molecule has 3 rings (SSSR count). The maximum Gasteiger partial charge on any atom is 0.228 e. The van der Waals surface area contributed by atoms with Crippen molar-refractivity contribution in [2.45, 2.75) is 26.8 Å². The lowest BCUT2D eigenvalue weighted by Gasteiger charge is -2.25. The molecular formula is C21H23ClN2O2. The first-order chi connectivity index (χ1) is 12.5. The van der Waals surface area contributed by atoms with E-state index in [1.807, 2.05) is 61.2 Å². The van der Waals surface area contributed by atoms with Crippen LogP contribution in [0.3, 0.4) is 0 Å². The maximum atomic E-state index is 13.0. The number of carbonyl (C=O) groups is 2. The second kappa shape index (κ2) is 7.92. The van der Waals surface area contributed by atoms with E-state index in [-0.39, 0.29) is 24.2 Å². The fourth-order valence-electron chi connectivity index (χ4n) is 3.44. The minimum absolute atomic E-state index is 0.00969. The van der Waals surface area contributed by atoms with Crippen LogP contribution < -0.4 is 4.90 Å². The number of nitrogens with zero attached hydrogens (tertiary/aromatic N) is 2. The SMILES string of the molecule is CCN(Cc1ccccc1)C(=O)C1CC(=O)N(c2ccc(Cl)cc2C)C1. The lowest BCUT2D eigenvalue weighted by atomic mass is 10.1. The lowest BCUT2D eigenvalue weighted by Crippen LogP contribution is -2.37. The van der Waals surface area contributed by atoms with E-state index in [0.29, 0.717) is 24.7 Å². The van der Waals surface area contributed by atoms with Crippen LogP contribution in [0.15, 0.2) is 48.5 Å². The molecule has 1 aliphatic rings. The number of benzene rings is 2. The first-order valence-corrected chi connectivity index (χ1v) is 9.26. The molecule has 1 aliphatic heterocycles. The molecule has 0 aliphatic carbocycles. The Bertz CT molecular complexity index is 807. The van der Waals surface area contributed by atoms with Gasteiger partial charge in [0, 0.05) is 36.8 Å². The summed E-state index contributed by atoms with van der Waals surface area (Å²) in [5.41, 5.74) is 2.87. The summed E-state index contributed by atoms with van der Waals surface area (Å²) in [6.45, 7) is 5.51. The van der Waals surface area contributed by atoms with Crippen molar-refractivity contribution in [3.05, 3.63) is 64.7 Å². The van der Waals surface area contributed by atoms with Gasteiger partial charge < -0.3 is 9.80 Å².